The third-order valence-corrected chi connectivity index (χ3v) is 11.4. The van der Waals surface area contributed by atoms with Crippen molar-refractivity contribution in [2.45, 2.75) is 50.3 Å². The van der Waals surface area contributed by atoms with Crippen molar-refractivity contribution >= 4 is 60.7 Å². The van der Waals surface area contributed by atoms with Gasteiger partial charge in [0.2, 0.25) is 5.91 Å². The van der Waals surface area contributed by atoms with Crippen LogP contribution in [0.1, 0.15) is 38.2 Å². The summed E-state index contributed by atoms with van der Waals surface area (Å²) in [7, 11) is 3.55. The van der Waals surface area contributed by atoms with Crippen molar-refractivity contribution in [3.05, 3.63) is 40.4 Å². The van der Waals surface area contributed by atoms with Crippen molar-refractivity contribution in [2.75, 3.05) is 57.6 Å². The van der Waals surface area contributed by atoms with Gasteiger partial charge in [-0.3, -0.25) is 9.69 Å². The van der Waals surface area contributed by atoms with Crippen molar-refractivity contribution < 1.29 is 23.0 Å². The quantitative estimate of drug-likeness (QED) is 0.266. The number of nitrogen functional groups attached to an aromatic ring is 1. The number of benzene rings is 2. The Morgan fingerprint density at radius 3 is 2.74 bits per heavy atom. The molecule has 1 amide bonds. The van der Waals surface area contributed by atoms with Crippen LogP contribution in [0, 0.1) is 23.0 Å². The fourth-order valence-corrected chi connectivity index (χ4v) is 8.82. The summed E-state index contributed by atoms with van der Waals surface area (Å²) in [5.74, 6) is -0.930. The first-order valence-corrected chi connectivity index (χ1v) is 16.8. The summed E-state index contributed by atoms with van der Waals surface area (Å²) >= 11 is 7.79. The molecule has 5 heterocycles. The molecule has 10 nitrogen and oxygen atoms in total. The van der Waals surface area contributed by atoms with Gasteiger partial charge in [0.05, 0.1) is 20.8 Å². The van der Waals surface area contributed by atoms with Gasteiger partial charge in [-0.1, -0.05) is 17.7 Å². The Morgan fingerprint density at radius 2 is 2.06 bits per heavy atom. The second-order valence-corrected chi connectivity index (χ2v) is 14.1. The molecular weight excluding hydrogens is 648 g/mol. The van der Waals surface area contributed by atoms with E-state index in [1.54, 1.807) is 6.07 Å². The van der Waals surface area contributed by atoms with Gasteiger partial charge in [-0.25, -0.2) is 8.78 Å². The summed E-state index contributed by atoms with van der Waals surface area (Å²) < 4.78 is 43.5. The molecule has 3 aliphatic heterocycles. The van der Waals surface area contributed by atoms with E-state index in [1.807, 2.05) is 29.8 Å². The lowest BCUT2D eigenvalue weighted by Crippen LogP contribution is -2.64. The zero-order valence-corrected chi connectivity index (χ0v) is 27.9. The molecule has 4 aromatic rings. The van der Waals surface area contributed by atoms with Gasteiger partial charge in [0.15, 0.2) is 5.82 Å². The molecule has 3 fully saturated rings. The molecular formula is C33H34ClF2N7O3S. The minimum absolute atomic E-state index is 0.00716. The Bertz CT molecular complexity index is 1970. The zero-order chi connectivity index (χ0) is 33.2. The van der Waals surface area contributed by atoms with Crippen LogP contribution in [0.15, 0.2) is 18.2 Å². The smallest absolute Gasteiger partial charge is 0.319 e. The molecule has 0 bridgehead atoms. The average Bonchev–Trinajstić information content (AvgIpc) is 3.76. The molecule has 0 aliphatic carbocycles. The number of ether oxygens (including phenoxy) is 2. The molecule has 3 saturated heterocycles. The Labute approximate surface area is 279 Å². The highest BCUT2D eigenvalue weighted by atomic mass is 35.5. The van der Waals surface area contributed by atoms with Gasteiger partial charge in [0, 0.05) is 49.1 Å². The van der Waals surface area contributed by atoms with Crippen LogP contribution in [0.4, 0.5) is 19.6 Å². The molecule has 246 valence electrons. The molecule has 0 saturated carbocycles. The van der Waals surface area contributed by atoms with E-state index in [9.17, 15) is 14.4 Å². The summed E-state index contributed by atoms with van der Waals surface area (Å²) in [5.41, 5.74) is 5.96. The Hall–Kier alpha value is -3.83. The van der Waals surface area contributed by atoms with E-state index in [0.29, 0.717) is 37.3 Å². The number of rotatable bonds is 7. The molecule has 2 N–H and O–H groups in total. The number of hydrogen-bond acceptors (Lipinski definition) is 10. The van der Waals surface area contributed by atoms with E-state index in [4.69, 9.17) is 31.8 Å². The van der Waals surface area contributed by atoms with Gasteiger partial charge in [-0.2, -0.15) is 15.2 Å². The maximum absolute atomic E-state index is 17.0. The largest absolute Gasteiger partial charge is 0.459 e. The molecule has 2 unspecified atom stereocenters. The molecule has 0 radical (unpaired) electrons. The predicted octanol–water partition coefficient (Wildman–Crippen LogP) is 5.59. The number of hydrogen-bond donors (Lipinski definition) is 1. The van der Waals surface area contributed by atoms with Gasteiger partial charge < -0.3 is 25.0 Å². The normalized spacial score (nSPS) is 21.9. The fourth-order valence-electron chi connectivity index (χ4n) is 7.58. The first kappa shape index (κ1) is 31.8. The standard InChI is InChI=1S/C33H34ClF2N7O3S/c1-17(23-5-4-10-41(23)2)46-32-39-28-19(31(40-32)42-11-8-33(16-42)9-12-43(33)24(44)15-45-3)13-21(34)26(27(28)36)18-6-7-22(35)29-25(18)20(14-37)30(38)47-29/h6-7,13,17,23H,4-5,8-12,15-16,38H2,1-3H3/t17?,23-,33?/m0/s1. The highest BCUT2D eigenvalue weighted by Gasteiger charge is 2.52. The van der Waals surface area contributed by atoms with Crippen LogP contribution in [0.25, 0.3) is 32.1 Å². The minimum atomic E-state index is -0.748. The van der Waals surface area contributed by atoms with E-state index < -0.39 is 11.6 Å². The lowest BCUT2D eigenvalue weighted by atomic mass is 9.83. The number of thiophene rings is 1. The topological polar surface area (TPSA) is 121 Å². The lowest BCUT2D eigenvalue weighted by molar-refractivity contribution is -0.149. The summed E-state index contributed by atoms with van der Waals surface area (Å²) in [6, 6.07) is 6.44. The summed E-state index contributed by atoms with van der Waals surface area (Å²) in [4.78, 5) is 28.4. The van der Waals surface area contributed by atoms with Crippen molar-refractivity contribution in [3.63, 3.8) is 0 Å². The van der Waals surface area contributed by atoms with Gasteiger partial charge in [0.1, 0.15) is 40.9 Å². The van der Waals surface area contributed by atoms with Crippen LogP contribution < -0.4 is 15.4 Å². The van der Waals surface area contributed by atoms with E-state index in [0.717, 1.165) is 37.1 Å². The van der Waals surface area contributed by atoms with Crippen LogP contribution in [0.2, 0.25) is 5.02 Å². The number of likely N-dealkylation sites (tertiary alicyclic amines) is 2. The number of fused-ring (bicyclic) bond motifs is 2. The molecule has 1 spiro atoms. The Morgan fingerprint density at radius 1 is 1.28 bits per heavy atom. The first-order valence-electron chi connectivity index (χ1n) is 15.6. The number of aromatic nitrogens is 2. The number of anilines is 2. The van der Waals surface area contributed by atoms with E-state index in [1.165, 1.54) is 19.2 Å². The third-order valence-electron chi connectivity index (χ3n) is 10.0. The molecule has 3 atom stereocenters. The summed E-state index contributed by atoms with van der Waals surface area (Å²) in [6.45, 7) is 4.64. The zero-order valence-electron chi connectivity index (χ0n) is 26.3. The fraction of sp³-hybridized carbons (Fsp3) is 0.455. The van der Waals surface area contributed by atoms with Gasteiger partial charge in [-0.05, 0) is 63.9 Å². The molecule has 47 heavy (non-hydrogen) atoms. The molecule has 2 aromatic heterocycles. The van der Waals surface area contributed by atoms with Gasteiger partial charge >= 0.3 is 6.01 Å². The third kappa shape index (κ3) is 5.13. The van der Waals surface area contributed by atoms with Crippen molar-refractivity contribution in [1.29, 1.82) is 5.26 Å². The number of nitrogens with zero attached hydrogens (tertiary/aromatic N) is 6. The van der Waals surface area contributed by atoms with Crippen LogP contribution in [-0.2, 0) is 9.53 Å². The maximum Gasteiger partial charge on any atom is 0.319 e. The molecule has 3 aliphatic rings. The summed E-state index contributed by atoms with van der Waals surface area (Å²) in [6.07, 6.45) is 3.28. The minimum Gasteiger partial charge on any atom is -0.459 e. The Balaban J connectivity index is 1.37. The second kappa shape index (κ2) is 12.0. The monoisotopic (exact) mass is 681 g/mol. The molecule has 7 rings (SSSR count). The van der Waals surface area contributed by atoms with Crippen LogP contribution in [0.5, 0.6) is 6.01 Å². The van der Waals surface area contributed by atoms with Gasteiger partial charge in [-0.15, -0.1) is 11.3 Å². The van der Waals surface area contributed by atoms with Crippen molar-refractivity contribution in [3.8, 4) is 23.2 Å². The summed E-state index contributed by atoms with van der Waals surface area (Å²) in [5, 5.41) is 10.6. The lowest BCUT2D eigenvalue weighted by Gasteiger charge is -2.50. The number of nitriles is 1. The van der Waals surface area contributed by atoms with Gasteiger partial charge in [0.25, 0.3) is 0 Å². The molecule has 2 aromatic carbocycles. The Kier molecular flexibility index (Phi) is 8.11. The van der Waals surface area contributed by atoms with E-state index in [2.05, 4.69) is 9.88 Å². The number of halogens is 3. The number of carbonyl (C=O) groups is 1. The van der Waals surface area contributed by atoms with Crippen molar-refractivity contribution in [1.82, 2.24) is 19.8 Å². The number of likely N-dealkylation sites (N-methyl/N-ethyl adjacent to an activating group) is 1. The highest BCUT2D eigenvalue weighted by molar-refractivity contribution is 7.23. The van der Waals surface area contributed by atoms with Crippen LogP contribution in [-0.4, -0.2) is 90.3 Å². The molecule has 14 heteroatoms. The predicted molar refractivity (Wildman–Crippen MR) is 178 cm³/mol. The maximum atomic E-state index is 17.0. The highest BCUT2D eigenvalue weighted by Crippen LogP contribution is 2.47. The second-order valence-electron chi connectivity index (χ2n) is 12.7. The van der Waals surface area contributed by atoms with Crippen LogP contribution >= 0.6 is 22.9 Å². The van der Waals surface area contributed by atoms with E-state index >= 15 is 4.39 Å². The first-order chi connectivity index (χ1) is 22.6. The number of amides is 1. The average molecular weight is 682 g/mol. The SMILES string of the molecule is COCC(=O)N1CCC12CCN(c1nc(OC(C)[C@@H]3CCCN3C)nc3c(F)c(-c4ccc(F)c5sc(N)c(C#N)c45)c(Cl)cc13)C2. The van der Waals surface area contributed by atoms with Crippen LogP contribution in [0.3, 0.4) is 0 Å². The van der Waals surface area contributed by atoms with Crippen molar-refractivity contribution in [2.24, 2.45) is 0 Å². The number of carbonyl (C=O) groups excluding carboxylic acids is 1. The number of methoxy groups -OCH3 is 1. The van der Waals surface area contributed by atoms with E-state index in [-0.39, 0.29) is 78.5 Å². The number of nitrogens with two attached hydrogens (primary N) is 1.